The van der Waals surface area contributed by atoms with Gasteiger partial charge >= 0.3 is 0 Å². The van der Waals surface area contributed by atoms with Gasteiger partial charge in [-0.1, -0.05) is 25.0 Å². The molecule has 1 aliphatic rings. The number of hydroxylamine groups is 1. The van der Waals surface area contributed by atoms with Crippen LogP contribution in [0.15, 0.2) is 24.3 Å². The van der Waals surface area contributed by atoms with Crippen molar-refractivity contribution in [1.29, 1.82) is 0 Å². The first-order chi connectivity index (χ1) is 12.2. The van der Waals surface area contributed by atoms with Gasteiger partial charge in [0.25, 0.3) is 5.91 Å². The summed E-state index contributed by atoms with van der Waals surface area (Å²) >= 11 is 0. The van der Waals surface area contributed by atoms with Gasteiger partial charge in [0.2, 0.25) is 5.91 Å². The molecule has 1 atom stereocenters. The Morgan fingerprint density at radius 3 is 2.84 bits per heavy atom. The summed E-state index contributed by atoms with van der Waals surface area (Å²) < 4.78 is 11.5. The second-order valence-electron chi connectivity index (χ2n) is 6.03. The first-order valence-electron chi connectivity index (χ1n) is 8.78. The van der Waals surface area contributed by atoms with E-state index in [1.807, 2.05) is 24.3 Å². The fraction of sp³-hybridized carbons (Fsp3) is 0.556. The molecule has 1 aliphatic heterocycles. The summed E-state index contributed by atoms with van der Waals surface area (Å²) in [6.45, 7) is 1.11. The van der Waals surface area contributed by atoms with Crippen molar-refractivity contribution >= 4 is 17.5 Å². The van der Waals surface area contributed by atoms with Crippen LogP contribution in [-0.2, 0) is 14.3 Å². The molecule has 1 heterocycles. The number of amides is 2. The normalized spacial score (nSPS) is 18.3. The molecule has 138 valence electrons. The number of rotatable bonds is 6. The number of anilines is 1. The van der Waals surface area contributed by atoms with Crippen LogP contribution in [0.4, 0.5) is 5.69 Å². The van der Waals surface area contributed by atoms with Gasteiger partial charge in [0.15, 0.2) is 0 Å². The smallest absolute Gasteiger partial charge is 0.253 e. The molecule has 0 aliphatic carbocycles. The van der Waals surface area contributed by atoms with Gasteiger partial charge in [-0.25, -0.2) is 5.48 Å². The molecule has 3 N–H and O–H groups in total. The minimum Gasteiger partial charge on any atom is -0.491 e. The molecule has 2 amide bonds. The minimum absolute atomic E-state index is 0.175. The van der Waals surface area contributed by atoms with Gasteiger partial charge in [-0.3, -0.25) is 14.8 Å². The lowest BCUT2D eigenvalue weighted by atomic mass is 10.1. The van der Waals surface area contributed by atoms with E-state index in [1.54, 1.807) is 5.48 Å². The maximum absolute atomic E-state index is 12.5. The molecule has 0 aromatic heterocycles. The van der Waals surface area contributed by atoms with Crippen molar-refractivity contribution in [3.63, 3.8) is 0 Å². The van der Waals surface area contributed by atoms with Gasteiger partial charge in [0.1, 0.15) is 11.9 Å². The number of carbonyl (C=O) groups excluding carboxylic acids is 2. The summed E-state index contributed by atoms with van der Waals surface area (Å²) in [5.41, 5.74) is 2.27. The zero-order valence-electron chi connectivity index (χ0n) is 14.3. The molecule has 0 radical (unpaired) electrons. The van der Waals surface area contributed by atoms with E-state index in [2.05, 4.69) is 5.32 Å². The number of ether oxygens (including phenoxy) is 2. The van der Waals surface area contributed by atoms with E-state index in [1.165, 1.54) is 0 Å². The molecule has 0 bridgehead atoms. The van der Waals surface area contributed by atoms with Crippen molar-refractivity contribution < 1.29 is 24.3 Å². The van der Waals surface area contributed by atoms with Gasteiger partial charge in [-0.15, -0.1) is 0 Å². The number of fused-ring (bicyclic) bond motifs is 1. The SMILES string of the molecule is O=C(CCCCCC1OCCCCOc2ccccc2NC1=O)NO. The van der Waals surface area contributed by atoms with Crippen LogP contribution >= 0.6 is 0 Å². The van der Waals surface area contributed by atoms with Crippen LogP contribution < -0.4 is 15.5 Å². The summed E-state index contributed by atoms with van der Waals surface area (Å²) in [5.74, 6) is 0.109. The van der Waals surface area contributed by atoms with Crippen LogP contribution in [-0.4, -0.2) is 36.3 Å². The van der Waals surface area contributed by atoms with Crippen LogP contribution in [0.5, 0.6) is 5.75 Å². The van der Waals surface area contributed by atoms with E-state index >= 15 is 0 Å². The number of nitrogens with one attached hydrogen (secondary N) is 2. The van der Waals surface area contributed by atoms with Gasteiger partial charge < -0.3 is 14.8 Å². The fourth-order valence-electron chi connectivity index (χ4n) is 2.66. The highest BCUT2D eigenvalue weighted by atomic mass is 16.5. The number of hydrogen-bond donors (Lipinski definition) is 3. The molecule has 1 aromatic carbocycles. The quantitative estimate of drug-likeness (QED) is 0.416. The van der Waals surface area contributed by atoms with E-state index in [9.17, 15) is 9.59 Å². The maximum atomic E-state index is 12.5. The lowest BCUT2D eigenvalue weighted by molar-refractivity contribution is -0.129. The molecular weight excluding hydrogens is 324 g/mol. The monoisotopic (exact) mass is 350 g/mol. The lowest BCUT2D eigenvalue weighted by Gasteiger charge is -2.18. The van der Waals surface area contributed by atoms with E-state index in [4.69, 9.17) is 14.7 Å². The largest absolute Gasteiger partial charge is 0.491 e. The molecule has 0 spiro atoms. The molecule has 1 unspecified atom stereocenters. The van der Waals surface area contributed by atoms with Crippen LogP contribution in [0.3, 0.4) is 0 Å². The maximum Gasteiger partial charge on any atom is 0.253 e. The lowest BCUT2D eigenvalue weighted by Crippen LogP contribution is -2.31. The highest BCUT2D eigenvalue weighted by molar-refractivity contribution is 5.95. The summed E-state index contributed by atoms with van der Waals surface area (Å²) in [6.07, 6.45) is 4.28. The molecule has 25 heavy (non-hydrogen) atoms. The Bertz CT molecular complexity index is 564. The predicted octanol–water partition coefficient (Wildman–Crippen LogP) is 2.64. The summed E-state index contributed by atoms with van der Waals surface area (Å²) in [7, 11) is 0. The molecule has 7 heteroatoms. The first kappa shape index (κ1) is 19.2. The number of hydrogen-bond acceptors (Lipinski definition) is 5. The van der Waals surface area contributed by atoms with E-state index in [-0.39, 0.29) is 18.2 Å². The summed E-state index contributed by atoms with van der Waals surface area (Å²) in [6, 6.07) is 7.39. The molecule has 1 aromatic rings. The molecule has 0 saturated carbocycles. The summed E-state index contributed by atoms with van der Waals surface area (Å²) in [5, 5.41) is 11.3. The van der Waals surface area contributed by atoms with Gasteiger partial charge in [0, 0.05) is 13.0 Å². The molecule has 0 saturated heterocycles. The highest BCUT2D eigenvalue weighted by Crippen LogP contribution is 2.25. The Hall–Kier alpha value is -2.12. The summed E-state index contributed by atoms with van der Waals surface area (Å²) in [4.78, 5) is 23.5. The fourth-order valence-corrected chi connectivity index (χ4v) is 2.66. The topological polar surface area (TPSA) is 96.9 Å². The van der Waals surface area contributed by atoms with E-state index < -0.39 is 6.10 Å². The van der Waals surface area contributed by atoms with Gasteiger partial charge in [-0.2, -0.15) is 0 Å². The zero-order chi connectivity index (χ0) is 17.9. The van der Waals surface area contributed by atoms with Crippen molar-refractivity contribution in [3.8, 4) is 5.75 Å². The Labute approximate surface area is 147 Å². The number of unbranched alkanes of at least 4 members (excludes halogenated alkanes) is 2. The molecule has 2 rings (SSSR count). The van der Waals surface area contributed by atoms with Gasteiger partial charge in [-0.05, 0) is 37.8 Å². The molecular formula is C18H26N2O5. The van der Waals surface area contributed by atoms with Crippen LogP contribution in [0, 0.1) is 0 Å². The van der Waals surface area contributed by atoms with Crippen molar-refractivity contribution in [2.75, 3.05) is 18.5 Å². The third kappa shape index (κ3) is 6.72. The van der Waals surface area contributed by atoms with Crippen molar-refractivity contribution in [3.05, 3.63) is 24.3 Å². The Kier molecular flexibility index (Phi) is 8.21. The Balaban J connectivity index is 1.88. The third-order valence-electron chi connectivity index (χ3n) is 4.05. The zero-order valence-corrected chi connectivity index (χ0v) is 14.3. The second-order valence-corrected chi connectivity index (χ2v) is 6.03. The second kappa shape index (κ2) is 10.7. The number of para-hydroxylation sites is 2. The molecule has 7 nitrogen and oxygen atoms in total. The van der Waals surface area contributed by atoms with E-state index in [0.717, 1.165) is 25.7 Å². The minimum atomic E-state index is -0.516. The number of benzene rings is 1. The Morgan fingerprint density at radius 1 is 1.20 bits per heavy atom. The molecule has 0 fully saturated rings. The third-order valence-corrected chi connectivity index (χ3v) is 4.05. The van der Waals surface area contributed by atoms with Crippen LogP contribution in [0.1, 0.15) is 44.9 Å². The van der Waals surface area contributed by atoms with Crippen molar-refractivity contribution in [2.24, 2.45) is 0 Å². The Morgan fingerprint density at radius 2 is 2.00 bits per heavy atom. The van der Waals surface area contributed by atoms with Crippen molar-refractivity contribution in [2.45, 2.75) is 51.0 Å². The average molecular weight is 350 g/mol. The van der Waals surface area contributed by atoms with Crippen LogP contribution in [0.2, 0.25) is 0 Å². The standard InChI is InChI=1S/C18H26N2O5/c21-17(20-23)11-3-1-2-10-16-18(22)19-14-8-4-5-9-15(14)24-12-6-7-13-25-16/h4-5,8-9,16,23H,1-3,6-7,10-13H2,(H,19,22)(H,20,21). The average Bonchev–Trinajstić information content (AvgIpc) is 2.65. The van der Waals surface area contributed by atoms with Gasteiger partial charge in [0.05, 0.1) is 12.3 Å². The predicted molar refractivity (Wildman–Crippen MR) is 92.6 cm³/mol. The van der Waals surface area contributed by atoms with Crippen LogP contribution in [0.25, 0.3) is 0 Å². The van der Waals surface area contributed by atoms with E-state index in [0.29, 0.717) is 37.5 Å². The first-order valence-corrected chi connectivity index (χ1v) is 8.78. The van der Waals surface area contributed by atoms with Crippen molar-refractivity contribution in [1.82, 2.24) is 5.48 Å². The highest BCUT2D eigenvalue weighted by Gasteiger charge is 2.21. The number of carbonyl (C=O) groups is 2.